The highest BCUT2D eigenvalue weighted by atomic mass is 16.3. The zero-order chi connectivity index (χ0) is 17.5. The van der Waals surface area contributed by atoms with Crippen molar-refractivity contribution in [2.24, 2.45) is 0 Å². The first-order chi connectivity index (χ1) is 12.8. The molecule has 0 amide bonds. The summed E-state index contributed by atoms with van der Waals surface area (Å²) in [4.78, 5) is 6.67. The van der Waals surface area contributed by atoms with E-state index in [1.165, 1.54) is 18.5 Å². The number of hydrogen-bond donors (Lipinski definition) is 0. The third-order valence-corrected chi connectivity index (χ3v) is 5.60. The van der Waals surface area contributed by atoms with Crippen molar-refractivity contribution >= 4 is 5.65 Å². The van der Waals surface area contributed by atoms with E-state index in [0.717, 1.165) is 62.0 Å². The zero-order valence-electron chi connectivity index (χ0n) is 15.1. The van der Waals surface area contributed by atoms with Crippen molar-refractivity contribution in [3.63, 3.8) is 0 Å². The lowest BCUT2D eigenvalue weighted by atomic mass is 9.96. The minimum Gasteiger partial charge on any atom is -0.446 e. The van der Waals surface area contributed by atoms with Crippen molar-refractivity contribution in [1.82, 2.24) is 29.7 Å². The van der Waals surface area contributed by atoms with E-state index in [1.54, 1.807) is 0 Å². The molecule has 1 saturated heterocycles. The maximum absolute atomic E-state index is 5.57. The molecule has 0 N–H and O–H groups in total. The first kappa shape index (κ1) is 15.9. The van der Waals surface area contributed by atoms with Gasteiger partial charge in [-0.25, -0.2) is 4.98 Å². The van der Waals surface area contributed by atoms with Crippen LogP contribution in [0.15, 0.2) is 22.7 Å². The van der Waals surface area contributed by atoms with Crippen LogP contribution in [0.5, 0.6) is 0 Å². The monoisotopic (exact) mass is 352 g/mol. The number of oxazole rings is 1. The maximum Gasteiger partial charge on any atom is 0.191 e. The average Bonchev–Trinajstić information content (AvgIpc) is 3.31. The van der Waals surface area contributed by atoms with Gasteiger partial charge < -0.3 is 9.32 Å². The van der Waals surface area contributed by atoms with E-state index in [0.29, 0.717) is 11.8 Å². The number of rotatable bonds is 5. The van der Waals surface area contributed by atoms with Crippen molar-refractivity contribution in [2.45, 2.75) is 50.9 Å². The molecule has 0 aromatic carbocycles. The molecule has 5 rings (SSSR count). The Morgan fingerprint density at radius 2 is 1.92 bits per heavy atom. The maximum atomic E-state index is 5.57. The highest BCUT2D eigenvalue weighted by Gasteiger charge is 2.28. The predicted octanol–water partition coefficient (Wildman–Crippen LogP) is 2.72. The largest absolute Gasteiger partial charge is 0.446 e. The van der Waals surface area contributed by atoms with Gasteiger partial charge in [-0.05, 0) is 50.9 Å². The highest BCUT2D eigenvalue weighted by molar-refractivity contribution is 5.38. The molecule has 1 saturated carbocycles. The lowest BCUT2D eigenvalue weighted by Crippen LogP contribution is -2.35. The fraction of sp³-hybridized carbons (Fsp3) is 0.579. The summed E-state index contributed by atoms with van der Waals surface area (Å²) in [6, 6.07) is 4.17. The summed E-state index contributed by atoms with van der Waals surface area (Å²) in [5.74, 6) is 3.85. The minimum absolute atomic E-state index is 0.440. The molecule has 136 valence electrons. The highest BCUT2D eigenvalue weighted by Crippen LogP contribution is 2.39. The third-order valence-electron chi connectivity index (χ3n) is 5.60. The molecule has 7 nitrogen and oxygen atoms in total. The Hall–Kier alpha value is -2.28. The van der Waals surface area contributed by atoms with E-state index in [2.05, 4.69) is 32.2 Å². The van der Waals surface area contributed by atoms with Gasteiger partial charge in [-0.2, -0.15) is 9.61 Å². The Morgan fingerprint density at radius 1 is 1.08 bits per heavy atom. The van der Waals surface area contributed by atoms with Crippen LogP contribution < -0.4 is 0 Å². The number of hydrogen-bond acceptors (Lipinski definition) is 6. The molecule has 0 radical (unpaired) electrons. The topological polar surface area (TPSA) is 72.4 Å². The fourth-order valence-electron chi connectivity index (χ4n) is 3.88. The van der Waals surface area contributed by atoms with Gasteiger partial charge in [0, 0.05) is 31.7 Å². The first-order valence-corrected chi connectivity index (χ1v) is 9.62. The molecule has 0 spiro atoms. The second-order valence-electron chi connectivity index (χ2n) is 7.57. The molecule has 0 unspecified atom stereocenters. The Kier molecular flexibility index (Phi) is 3.96. The molecule has 0 atom stereocenters. The summed E-state index contributed by atoms with van der Waals surface area (Å²) in [6.45, 7) is 5.07. The van der Waals surface area contributed by atoms with Gasteiger partial charge in [-0.15, -0.1) is 10.2 Å². The molecule has 2 aliphatic rings. The standard InChI is InChI=1S/C19H24N6O/c1-13-20-12-16(26-13)8-11-24-9-6-15(7-10-24)19-22-21-18-5-4-17(14-2-3-14)23-25(18)19/h4-5,12,14-15H,2-3,6-11H2,1H3. The Labute approximate surface area is 152 Å². The molecule has 2 fully saturated rings. The molecule has 4 heterocycles. The van der Waals surface area contributed by atoms with Crippen LogP contribution in [0.2, 0.25) is 0 Å². The summed E-state index contributed by atoms with van der Waals surface area (Å²) in [5, 5.41) is 13.6. The Morgan fingerprint density at radius 3 is 2.65 bits per heavy atom. The molecule has 1 aliphatic heterocycles. The smallest absolute Gasteiger partial charge is 0.191 e. The van der Waals surface area contributed by atoms with Gasteiger partial charge in [0.1, 0.15) is 5.76 Å². The van der Waals surface area contributed by atoms with E-state index in [9.17, 15) is 0 Å². The van der Waals surface area contributed by atoms with Crippen LogP contribution in [0.1, 0.15) is 60.7 Å². The normalized spacial score (nSPS) is 19.4. The fourth-order valence-corrected chi connectivity index (χ4v) is 3.88. The van der Waals surface area contributed by atoms with Crippen LogP contribution in [0.4, 0.5) is 0 Å². The van der Waals surface area contributed by atoms with Crippen molar-refractivity contribution < 1.29 is 4.42 Å². The summed E-state index contributed by atoms with van der Waals surface area (Å²) >= 11 is 0. The van der Waals surface area contributed by atoms with Gasteiger partial charge in [0.25, 0.3) is 0 Å². The van der Waals surface area contributed by atoms with Crippen molar-refractivity contribution in [3.8, 4) is 0 Å². The van der Waals surface area contributed by atoms with Gasteiger partial charge >= 0.3 is 0 Å². The average molecular weight is 352 g/mol. The van der Waals surface area contributed by atoms with E-state index in [-0.39, 0.29) is 0 Å². The minimum atomic E-state index is 0.440. The summed E-state index contributed by atoms with van der Waals surface area (Å²) in [7, 11) is 0. The van der Waals surface area contributed by atoms with Crippen LogP contribution in [-0.4, -0.2) is 49.3 Å². The SMILES string of the molecule is Cc1ncc(CCN2CCC(c3nnc4ccc(C5CC5)nn34)CC2)o1. The second-order valence-corrected chi connectivity index (χ2v) is 7.57. The number of fused-ring (bicyclic) bond motifs is 1. The number of nitrogens with zero attached hydrogens (tertiary/aromatic N) is 6. The molecule has 7 heteroatoms. The van der Waals surface area contributed by atoms with E-state index >= 15 is 0 Å². The number of piperidine rings is 1. The van der Waals surface area contributed by atoms with Crippen LogP contribution in [0.25, 0.3) is 5.65 Å². The van der Waals surface area contributed by atoms with Crippen LogP contribution in [0.3, 0.4) is 0 Å². The van der Waals surface area contributed by atoms with Crippen LogP contribution in [-0.2, 0) is 6.42 Å². The van der Waals surface area contributed by atoms with Crippen molar-refractivity contribution in [1.29, 1.82) is 0 Å². The zero-order valence-corrected chi connectivity index (χ0v) is 15.1. The van der Waals surface area contributed by atoms with Gasteiger partial charge in [-0.1, -0.05) is 0 Å². The van der Waals surface area contributed by atoms with Crippen molar-refractivity contribution in [2.75, 3.05) is 19.6 Å². The van der Waals surface area contributed by atoms with Gasteiger partial charge in [0.05, 0.1) is 11.9 Å². The van der Waals surface area contributed by atoms with Gasteiger partial charge in [0.15, 0.2) is 17.4 Å². The molecular weight excluding hydrogens is 328 g/mol. The lowest BCUT2D eigenvalue weighted by molar-refractivity contribution is 0.207. The lowest BCUT2D eigenvalue weighted by Gasteiger charge is -2.30. The number of likely N-dealkylation sites (tertiary alicyclic amines) is 1. The van der Waals surface area contributed by atoms with Gasteiger partial charge in [-0.3, -0.25) is 0 Å². The number of aryl methyl sites for hydroxylation is 1. The summed E-state index contributed by atoms with van der Waals surface area (Å²) in [6.07, 6.45) is 7.49. The van der Waals surface area contributed by atoms with E-state index < -0.39 is 0 Å². The Balaban J connectivity index is 1.23. The molecule has 0 bridgehead atoms. The quantitative estimate of drug-likeness (QED) is 0.703. The first-order valence-electron chi connectivity index (χ1n) is 9.62. The summed E-state index contributed by atoms with van der Waals surface area (Å²) < 4.78 is 7.56. The van der Waals surface area contributed by atoms with Crippen molar-refractivity contribution in [3.05, 3.63) is 41.5 Å². The molecule has 3 aromatic rings. The molecule has 26 heavy (non-hydrogen) atoms. The van der Waals surface area contributed by atoms with Gasteiger partial charge in [0.2, 0.25) is 0 Å². The second kappa shape index (κ2) is 6.46. The van der Waals surface area contributed by atoms with E-state index in [1.807, 2.05) is 17.6 Å². The number of aromatic nitrogens is 5. The molecule has 3 aromatic heterocycles. The van der Waals surface area contributed by atoms with Crippen LogP contribution in [0, 0.1) is 6.92 Å². The van der Waals surface area contributed by atoms with E-state index in [4.69, 9.17) is 9.52 Å². The Bertz CT molecular complexity index is 904. The molecular formula is C19H24N6O. The van der Waals surface area contributed by atoms with Crippen LogP contribution >= 0.6 is 0 Å². The summed E-state index contributed by atoms with van der Waals surface area (Å²) in [5.41, 5.74) is 2.06. The predicted molar refractivity (Wildman–Crippen MR) is 96.1 cm³/mol. The third kappa shape index (κ3) is 3.11. The molecule has 1 aliphatic carbocycles.